The smallest absolute Gasteiger partial charge is 0.367 e. The van der Waals surface area contributed by atoms with Gasteiger partial charge in [0.2, 0.25) is 0 Å². The van der Waals surface area contributed by atoms with Gasteiger partial charge in [0.25, 0.3) is 0 Å². The lowest BCUT2D eigenvalue weighted by molar-refractivity contribution is -0.179. The van der Waals surface area contributed by atoms with E-state index < -0.39 is 35.5 Å². The van der Waals surface area contributed by atoms with Crippen molar-refractivity contribution >= 4 is 28.9 Å². The van der Waals surface area contributed by atoms with Gasteiger partial charge in [0.1, 0.15) is 5.69 Å². The highest BCUT2D eigenvalue weighted by Crippen LogP contribution is 2.37. The molecule has 172 valence electrons. The van der Waals surface area contributed by atoms with E-state index in [1.54, 1.807) is 24.3 Å². The number of carbonyl (C=O) groups excluding carboxylic acids is 2. The van der Waals surface area contributed by atoms with Crippen molar-refractivity contribution in [2.45, 2.75) is 25.6 Å². The number of nitrogens with two attached hydrogens (primary N) is 1. The van der Waals surface area contributed by atoms with Crippen LogP contribution in [0.1, 0.15) is 18.4 Å². The Bertz CT molecular complexity index is 964. The Kier molecular flexibility index (Phi) is 6.85. The van der Waals surface area contributed by atoms with E-state index in [9.17, 15) is 31.5 Å². The summed E-state index contributed by atoms with van der Waals surface area (Å²) in [5.41, 5.74) is 5.81. The molecule has 0 unspecified atom stereocenters. The quantitative estimate of drug-likeness (QED) is 0.474. The highest BCUT2D eigenvalue weighted by molar-refractivity contribution is 6.34. The standard InChI is InChI=1S/C21H21F5N4O2/c22-16-9-15(29-14-3-1-12(2-4-14)11-28-20(32)19(27)31)10-17(23)18(16)30-7-5-13(6-8-30)21(24,25)26/h1-4,9-10,13,29H,5-8,11H2,(H2,27,31)(H,28,32). The van der Waals surface area contributed by atoms with Gasteiger partial charge in [0.15, 0.2) is 11.6 Å². The van der Waals surface area contributed by atoms with Crippen molar-refractivity contribution in [2.24, 2.45) is 11.7 Å². The predicted octanol–water partition coefficient (Wildman–Crippen LogP) is 3.59. The first-order valence-corrected chi connectivity index (χ1v) is 9.79. The Hall–Kier alpha value is -3.37. The lowest BCUT2D eigenvalue weighted by atomic mass is 9.96. The minimum Gasteiger partial charge on any atom is -0.367 e. The Labute approximate surface area is 180 Å². The van der Waals surface area contributed by atoms with Crippen molar-refractivity contribution in [3.8, 4) is 0 Å². The number of hydrogen-bond acceptors (Lipinski definition) is 4. The van der Waals surface area contributed by atoms with Crippen LogP contribution in [0.15, 0.2) is 36.4 Å². The average Bonchev–Trinajstić information content (AvgIpc) is 2.72. The molecule has 0 bridgehead atoms. The molecule has 3 rings (SSSR count). The lowest BCUT2D eigenvalue weighted by Crippen LogP contribution is -2.39. The van der Waals surface area contributed by atoms with Gasteiger partial charge in [-0.15, -0.1) is 0 Å². The van der Waals surface area contributed by atoms with Gasteiger partial charge in [-0.1, -0.05) is 12.1 Å². The van der Waals surface area contributed by atoms with E-state index in [1.165, 1.54) is 4.90 Å². The molecule has 11 heteroatoms. The molecule has 0 aromatic heterocycles. The van der Waals surface area contributed by atoms with Gasteiger partial charge >= 0.3 is 18.0 Å². The number of piperidine rings is 1. The molecule has 1 fully saturated rings. The minimum atomic E-state index is -4.31. The number of nitrogens with zero attached hydrogens (tertiary/aromatic N) is 1. The molecule has 1 saturated heterocycles. The topological polar surface area (TPSA) is 87.5 Å². The first-order valence-electron chi connectivity index (χ1n) is 9.79. The van der Waals surface area contributed by atoms with Crippen LogP contribution in [-0.2, 0) is 16.1 Å². The van der Waals surface area contributed by atoms with Crippen LogP contribution in [0.4, 0.5) is 39.0 Å². The van der Waals surface area contributed by atoms with Crippen molar-refractivity contribution < 1.29 is 31.5 Å². The fourth-order valence-electron chi connectivity index (χ4n) is 3.51. The zero-order valence-electron chi connectivity index (χ0n) is 16.8. The summed E-state index contributed by atoms with van der Waals surface area (Å²) in [6, 6.07) is 8.64. The van der Waals surface area contributed by atoms with E-state index in [4.69, 9.17) is 5.73 Å². The molecule has 0 spiro atoms. The summed E-state index contributed by atoms with van der Waals surface area (Å²) in [6.45, 7) is -0.0951. The fraction of sp³-hybridized carbons (Fsp3) is 0.333. The number of alkyl halides is 3. The second-order valence-corrected chi connectivity index (χ2v) is 7.46. The summed E-state index contributed by atoms with van der Waals surface area (Å²) in [4.78, 5) is 23.2. The third-order valence-electron chi connectivity index (χ3n) is 5.21. The van der Waals surface area contributed by atoms with Gasteiger partial charge in [-0.3, -0.25) is 9.59 Å². The summed E-state index contributed by atoms with van der Waals surface area (Å²) in [5, 5.41) is 5.17. The molecule has 0 radical (unpaired) electrons. The molecule has 2 aromatic carbocycles. The second kappa shape index (κ2) is 9.41. The van der Waals surface area contributed by atoms with Crippen LogP contribution >= 0.6 is 0 Å². The highest BCUT2D eigenvalue weighted by atomic mass is 19.4. The fourth-order valence-corrected chi connectivity index (χ4v) is 3.51. The number of anilines is 3. The van der Waals surface area contributed by atoms with Crippen LogP contribution in [0.5, 0.6) is 0 Å². The summed E-state index contributed by atoms with van der Waals surface area (Å²) in [7, 11) is 0. The van der Waals surface area contributed by atoms with Gasteiger partial charge in [0.05, 0.1) is 5.92 Å². The van der Waals surface area contributed by atoms with Crippen molar-refractivity contribution in [2.75, 3.05) is 23.3 Å². The number of halogens is 5. The van der Waals surface area contributed by atoms with Crippen LogP contribution in [0.25, 0.3) is 0 Å². The average molecular weight is 456 g/mol. The first kappa shape index (κ1) is 23.3. The number of hydrogen-bond donors (Lipinski definition) is 3. The van der Waals surface area contributed by atoms with Crippen LogP contribution in [-0.4, -0.2) is 31.1 Å². The molecule has 32 heavy (non-hydrogen) atoms. The molecule has 2 amide bonds. The summed E-state index contributed by atoms with van der Waals surface area (Å²) in [6.07, 6.45) is -4.73. The number of rotatable bonds is 5. The Morgan fingerprint density at radius 2 is 1.56 bits per heavy atom. The third-order valence-corrected chi connectivity index (χ3v) is 5.21. The monoisotopic (exact) mass is 456 g/mol. The van der Waals surface area contributed by atoms with Gasteiger partial charge in [-0.25, -0.2) is 8.78 Å². The number of nitrogens with one attached hydrogen (secondary N) is 2. The van der Waals surface area contributed by atoms with Crippen LogP contribution in [0.3, 0.4) is 0 Å². The van der Waals surface area contributed by atoms with Crippen molar-refractivity contribution in [3.63, 3.8) is 0 Å². The number of carbonyl (C=O) groups is 2. The largest absolute Gasteiger partial charge is 0.391 e. The first-order chi connectivity index (χ1) is 15.0. The summed E-state index contributed by atoms with van der Waals surface area (Å²) < 4.78 is 67.7. The summed E-state index contributed by atoms with van der Waals surface area (Å²) >= 11 is 0. The molecule has 0 aliphatic carbocycles. The molecular weight excluding hydrogens is 435 g/mol. The van der Waals surface area contributed by atoms with Gasteiger partial charge < -0.3 is 21.3 Å². The summed E-state index contributed by atoms with van der Waals surface area (Å²) in [5.74, 6) is -5.22. The van der Waals surface area contributed by atoms with E-state index in [0.717, 1.165) is 12.1 Å². The Morgan fingerprint density at radius 3 is 2.06 bits per heavy atom. The number of amides is 2. The maximum Gasteiger partial charge on any atom is 0.391 e. The zero-order chi connectivity index (χ0) is 23.5. The SMILES string of the molecule is NC(=O)C(=O)NCc1ccc(Nc2cc(F)c(N3CCC(C(F)(F)F)CC3)c(F)c2)cc1. The maximum absolute atomic E-state index is 14.6. The van der Waals surface area contributed by atoms with E-state index in [2.05, 4.69) is 10.6 Å². The third kappa shape index (κ3) is 5.65. The van der Waals surface area contributed by atoms with Gasteiger partial charge in [-0.05, 0) is 42.7 Å². The molecular formula is C21H21F5N4O2. The molecule has 0 atom stereocenters. The number of primary amides is 1. The van der Waals surface area contributed by atoms with Crippen molar-refractivity contribution in [3.05, 3.63) is 53.6 Å². The Balaban J connectivity index is 1.64. The van der Waals surface area contributed by atoms with Gasteiger partial charge in [-0.2, -0.15) is 13.2 Å². The molecule has 1 aliphatic heterocycles. The van der Waals surface area contributed by atoms with Crippen LogP contribution < -0.4 is 21.3 Å². The van der Waals surface area contributed by atoms with Crippen LogP contribution in [0.2, 0.25) is 0 Å². The molecule has 4 N–H and O–H groups in total. The molecule has 6 nitrogen and oxygen atoms in total. The van der Waals surface area contributed by atoms with Crippen LogP contribution in [0, 0.1) is 17.6 Å². The minimum absolute atomic E-state index is 0.0744. The predicted molar refractivity (Wildman–Crippen MR) is 108 cm³/mol. The lowest BCUT2D eigenvalue weighted by Gasteiger charge is -2.34. The molecule has 2 aromatic rings. The second-order valence-electron chi connectivity index (χ2n) is 7.46. The normalized spacial score (nSPS) is 14.8. The zero-order valence-corrected chi connectivity index (χ0v) is 16.8. The molecule has 0 saturated carbocycles. The van der Waals surface area contributed by atoms with Crippen molar-refractivity contribution in [1.29, 1.82) is 0 Å². The van der Waals surface area contributed by atoms with E-state index >= 15 is 0 Å². The highest BCUT2D eigenvalue weighted by Gasteiger charge is 2.41. The molecule has 1 aliphatic rings. The Morgan fingerprint density at radius 1 is 1.00 bits per heavy atom. The van der Waals surface area contributed by atoms with E-state index in [1.807, 2.05) is 0 Å². The van der Waals surface area contributed by atoms with Crippen molar-refractivity contribution in [1.82, 2.24) is 5.32 Å². The van der Waals surface area contributed by atoms with E-state index in [-0.39, 0.29) is 43.9 Å². The van der Waals surface area contributed by atoms with Gasteiger partial charge in [0, 0.05) is 31.0 Å². The van der Waals surface area contributed by atoms with E-state index in [0.29, 0.717) is 11.3 Å². The number of benzene rings is 2. The maximum atomic E-state index is 14.6. The molecule has 1 heterocycles.